The van der Waals surface area contributed by atoms with Crippen LogP contribution in [0.2, 0.25) is 0 Å². The summed E-state index contributed by atoms with van der Waals surface area (Å²) in [6.07, 6.45) is 4.18. The van der Waals surface area contributed by atoms with Crippen molar-refractivity contribution >= 4 is 0 Å². The van der Waals surface area contributed by atoms with E-state index in [9.17, 15) is 0 Å². The van der Waals surface area contributed by atoms with E-state index in [1.54, 1.807) is 0 Å². The Kier molecular flexibility index (Phi) is 12.0. The lowest BCUT2D eigenvalue weighted by atomic mass is 9.61. The van der Waals surface area contributed by atoms with Gasteiger partial charge in [0.05, 0.1) is 39.6 Å². The predicted molar refractivity (Wildman–Crippen MR) is 185 cm³/mol. The topological polar surface area (TPSA) is 62.0 Å². The summed E-state index contributed by atoms with van der Waals surface area (Å²) in [5, 5.41) is 0. The van der Waals surface area contributed by atoms with Crippen LogP contribution in [0.3, 0.4) is 0 Å². The lowest BCUT2D eigenvalue weighted by Crippen LogP contribution is -2.34. The molecule has 6 rings (SSSR count). The number of hydrogen-bond donors (Lipinski definition) is 0. The quantitative estimate of drug-likeness (QED) is 0.0688. The summed E-state index contributed by atoms with van der Waals surface area (Å²) in [6.45, 7) is 7.97. The van der Waals surface area contributed by atoms with Gasteiger partial charge in [-0.05, 0) is 65.3 Å². The van der Waals surface area contributed by atoms with Gasteiger partial charge in [-0.2, -0.15) is 0 Å². The van der Waals surface area contributed by atoms with Gasteiger partial charge in [0.15, 0.2) is 0 Å². The van der Waals surface area contributed by atoms with Crippen molar-refractivity contribution in [3.63, 3.8) is 0 Å². The van der Waals surface area contributed by atoms with Gasteiger partial charge >= 0.3 is 0 Å². The van der Waals surface area contributed by atoms with Crippen molar-refractivity contribution in [1.82, 2.24) is 0 Å². The maximum Gasteiger partial charge on any atom is 0.119 e. The second-order valence-electron chi connectivity index (χ2n) is 12.6. The van der Waals surface area contributed by atoms with Crippen molar-refractivity contribution in [2.24, 2.45) is 0 Å². The maximum absolute atomic E-state index is 6.13. The molecule has 0 bridgehead atoms. The molecule has 2 saturated heterocycles. The van der Waals surface area contributed by atoms with E-state index < -0.39 is 0 Å². The predicted octanol–water partition coefficient (Wildman–Crippen LogP) is 7.78. The van der Waals surface area contributed by atoms with E-state index in [-0.39, 0.29) is 11.3 Å². The molecule has 0 aromatic heterocycles. The summed E-state index contributed by atoms with van der Waals surface area (Å²) in [7, 11) is 0. The third kappa shape index (κ3) is 9.68. The molecule has 4 aromatic carbocycles. The van der Waals surface area contributed by atoms with Crippen LogP contribution < -0.4 is 9.47 Å². The number of aryl methyl sites for hydroxylation is 1. The van der Waals surface area contributed by atoms with Crippen LogP contribution in [0.15, 0.2) is 109 Å². The van der Waals surface area contributed by atoms with Gasteiger partial charge in [-0.1, -0.05) is 91.9 Å². The smallest absolute Gasteiger partial charge is 0.119 e. The first-order valence-corrected chi connectivity index (χ1v) is 17.1. The summed E-state index contributed by atoms with van der Waals surface area (Å²) >= 11 is 0. The monoisotopic (exact) mass is 636 g/mol. The van der Waals surface area contributed by atoms with Gasteiger partial charge in [0.25, 0.3) is 0 Å². The van der Waals surface area contributed by atoms with Gasteiger partial charge in [0.1, 0.15) is 23.7 Å². The largest absolute Gasteiger partial charge is 0.494 e. The fraction of sp³-hybridized carbons (Fsp3) is 0.415. The second-order valence-corrected chi connectivity index (χ2v) is 12.6. The summed E-state index contributed by atoms with van der Waals surface area (Å²) in [5.41, 5.74) is 4.90. The molecule has 4 aromatic rings. The van der Waals surface area contributed by atoms with Crippen LogP contribution in [0.25, 0.3) is 0 Å². The van der Waals surface area contributed by atoms with E-state index >= 15 is 0 Å². The average Bonchev–Trinajstić information content (AvgIpc) is 4.07. The number of ether oxygens (including phenoxy) is 6. The zero-order chi connectivity index (χ0) is 32.2. The normalized spacial score (nSPS) is 18.7. The summed E-state index contributed by atoms with van der Waals surface area (Å²) in [6, 6.07) is 39.2. The summed E-state index contributed by atoms with van der Waals surface area (Å²) in [5.74, 6) is 1.95. The highest BCUT2D eigenvalue weighted by Gasteiger charge is 2.40. The number of benzene rings is 4. The molecule has 0 saturated carbocycles. The van der Waals surface area contributed by atoms with Crippen LogP contribution in [0.5, 0.6) is 11.5 Å². The standard InChI is InChI=1S/C41H48O6/c1-32(34-12-6-3-7-13-34)41(23-22-33-10-4-2-5-11-33,35-14-18-37(19-15-35)44-26-8-24-42-28-39-30-46-39)36-16-20-38(21-17-36)45-27-9-25-43-29-40-31-47-40/h2-7,10-21,32,39-40H,8-9,22-31H2,1H3. The molecule has 0 aliphatic carbocycles. The molecule has 2 aliphatic heterocycles. The van der Waals surface area contributed by atoms with E-state index in [1.807, 2.05) is 0 Å². The van der Waals surface area contributed by atoms with Gasteiger partial charge < -0.3 is 28.4 Å². The molecular formula is C41H48O6. The number of hydrogen-bond acceptors (Lipinski definition) is 6. The minimum atomic E-state index is -0.300. The van der Waals surface area contributed by atoms with E-state index in [1.165, 1.54) is 22.3 Å². The Balaban J connectivity index is 1.22. The van der Waals surface area contributed by atoms with Crippen molar-refractivity contribution < 1.29 is 28.4 Å². The molecule has 0 radical (unpaired) electrons. The Morgan fingerprint density at radius 2 is 1.09 bits per heavy atom. The van der Waals surface area contributed by atoms with Crippen molar-refractivity contribution in [3.8, 4) is 11.5 Å². The lowest BCUT2D eigenvalue weighted by molar-refractivity contribution is 0.104. The van der Waals surface area contributed by atoms with Crippen LogP contribution >= 0.6 is 0 Å². The van der Waals surface area contributed by atoms with Crippen molar-refractivity contribution in [1.29, 1.82) is 0 Å². The molecule has 3 atom stereocenters. The van der Waals surface area contributed by atoms with Crippen LogP contribution in [-0.2, 0) is 30.8 Å². The molecule has 2 fully saturated rings. The highest BCUT2D eigenvalue weighted by atomic mass is 16.6. The minimum Gasteiger partial charge on any atom is -0.494 e. The van der Waals surface area contributed by atoms with Crippen LogP contribution in [0, 0.1) is 0 Å². The van der Waals surface area contributed by atoms with E-state index in [4.69, 9.17) is 28.4 Å². The summed E-state index contributed by atoms with van der Waals surface area (Å²) < 4.78 is 34.0. The Morgan fingerprint density at radius 1 is 0.617 bits per heavy atom. The second kappa shape index (κ2) is 16.9. The van der Waals surface area contributed by atoms with E-state index in [2.05, 4.69) is 116 Å². The molecule has 0 N–H and O–H groups in total. The SMILES string of the molecule is CC(c1ccccc1)C(CCc1ccccc1)(c1ccc(OCCCOCC2CO2)cc1)c1ccc(OCCCOCC2CO2)cc1. The summed E-state index contributed by atoms with van der Waals surface area (Å²) in [4.78, 5) is 0. The van der Waals surface area contributed by atoms with Crippen LogP contribution in [0.1, 0.15) is 54.4 Å². The number of epoxide rings is 2. The van der Waals surface area contributed by atoms with Gasteiger partial charge in [-0.15, -0.1) is 0 Å². The molecule has 2 aliphatic rings. The Bertz CT molecular complexity index is 1380. The fourth-order valence-corrected chi connectivity index (χ4v) is 6.34. The molecule has 47 heavy (non-hydrogen) atoms. The van der Waals surface area contributed by atoms with Gasteiger partial charge in [0.2, 0.25) is 0 Å². The highest BCUT2D eigenvalue weighted by Crippen LogP contribution is 2.48. The zero-order valence-electron chi connectivity index (χ0n) is 27.6. The first kappa shape index (κ1) is 33.2. The zero-order valence-corrected chi connectivity index (χ0v) is 27.6. The highest BCUT2D eigenvalue weighted by molar-refractivity contribution is 5.48. The van der Waals surface area contributed by atoms with E-state index in [0.717, 1.165) is 50.4 Å². The molecular weight excluding hydrogens is 588 g/mol. The minimum absolute atomic E-state index is 0.200. The van der Waals surface area contributed by atoms with Crippen molar-refractivity contribution in [3.05, 3.63) is 131 Å². The van der Waals surface area contributed by atoms with Gasteiger partial charge in [0, 0.05) is 31.5 Å². The van der Waals surface area contributed by atoms with Crippen LogP contribution in [-0.4, -0.2) is 65.1 Å². The Hall–Kier alpha value is -3.68. The third-order valence-electron chi connectivity index (χ3n) is 9.24. The fourth-order valence-electron chi connectivity index (χ4n) is 6.34. The molecule has 2 heterocycles. The maximum atomic E-state index is 6.13. The van der Waals surface area contributed by atoms with Crippen molar-refractivity contribution in [2.75, 3.05) is 52.9 Å². The molecule has 6 nitrogen and oxygen atoms in total. The Morgan fingerprint density at radius 3 is 1.55 bits per heavy atom. The number of rotatable bonds is 21. The Labute approximate surface area is 279 Å². The van der Waals surface area contributed by atoms with Crippen LogP contribution in [0.4, 0.5) is 0 Å². The third-order valence-corrected chi connectivity index (χ3v) is 9.24. The van der Waals surface area contributed by atoms with E-state index in [0.29, 0.717) is 51.8 Å². The average molecular weight is 637 g/mol. The first-order chi connectivity index (χ1) is 23.2. The van der Waals surface area contributed by atoms with Gasteiger partial charge in [-0.25, -0.2) is 0 Å². The first-order valence-electron chi connectivity index (χ1n) is 17.1. The van der Waals surface area contributed by atoms with Gasteiger partial charge in [-0.3, -0.25) is 0 Å². The molecule has 3 unspecified atom stereocenters. The molecule has 6 heteroatoms. The van der Waals surface area contributed by atoms with Crippen molar-refractivity contribution in [2.45, 2.75) is 56.1 Å². The lowest BCUT2D eigenvalue weighted by Gasteiger charge is -2.41. The molecule has 248 valence electrons. The molecule has 0 spiro atoms. The molecule has 0 amide bonds.